The van der Waals surface area contributed by atoms with Crippen molar-refractivity contribution < 1.29 is 4.74 Å². The highest BCUT2D eigenvalue weighted by atomic mass is 16.5. The molecular formula is C20H25N5O3. The van der Waals surface area contributed by atoms with Crippen LogP contribution in [0, 0.1) is 6.92 Å². The monoisotopic (exact) mass is 383 g/mol. The van der Waals surface area contributed by atoms with Gasteiger partial charge < -0.3 is 14.2 Å². The molecule has 3 aromatic rings. The summed E-state index contributed by atoms with van der Waals surface area (Å²) in [6.07, 6.45) is 0.896. The van der Waals surface area contributed by atoms with Gasteiger partial charge in [-0.1, -0.05) is 17.7 Å². The van der Waals surface area contributed by atoms with Gasteiger partial charge in [0.25, 0.3) is 5.56 Å². The van der Waals surface area contributed by atoms with Crippen LogP contribution in [0.5, 0.6) is 0 Å². The van der Waals surface area contributed by atoms with Crippen LogP contribution in [0.4, 0.5) is 11.6 Å². The third kappa shape index (κ3) is 2.93. The number of benzene rings is 1. The van der Waals surface area contributed by atoms with Gasteiger partial charge in [0.2, 0.25) is 5.95 Å². The lowest BCUT2D eigenvalue weighted by Gasteiger charge is -2.29. The Labute approximate surface area is 162 Å². The molecule has 1 aliphatic heterocycles. The Bertz CT molecular complexity index is 1120. The minimum Gasteiger partial charge on any atom is -0.380 e. The van der Waals surface area contributed by atoms with Crippen molar-refractivity contribution in [1.82, 2.24) is 18.7 Å². The van der Waals surface area contributed by atoms with Crippen LogP contribution in [0.2, 0.25) is 0 Å². The van der Waals surface area contributed by atoms with Gasteiger partial charge in [-0.15, -0.1) is 0 Å². The maximum absolute atomic E-state index is 13.1. The van der Waals surface area contributed by atoms with Gasteiger partial charge >= 0.3 is 5.69 Å². The molecule has 0 fully saturated rings. The minimum atomic E-state index is -0.366. The largest absolute Gasteiger partial charge is 0.380 e. The van der Waals surface area contributed by atoms with Crippen molar-refractivity contribution in [3.8, 4) is 0 Å². The van der Waals surface area contributed by atoms with Crippen LogP contribution in [0.1, 0.15) is 18.9 Å². The van der Waals surface area contributed by atoms with Crippen LogP contribution in [0.3, 0.4) is 0 Å². The normalized spacial score (nSPS) is 13.9. The van der Waals surface area contributed by atoms with Gasteiger partial charge in [0.1, 0.15) is 0 Å². The third-order valence-corrected chi connectivity index (χ3v) is 5.23. The fourth-order valence-electron chi connectivity index (χ4n) is 3.73. The molecule has 0 saturated heterocycles. The summed E-state index contributed by atoms with van der Waals surface area (Å²) in [5.74, 6) is 0.708. The molecule has 0 N–H and O–H groups in total. The number of anilines is 2. The van der Waals surface area contributed by atoms with Crippen LogP contribution in [-0.2, 0) is 24.9 Å². The summed E-state index contributed by atoms with van der Waals surface area (Å²) in [6.45, 7) is 6.56. The van der Waals surface area contributed by atoms with Crippen molar-refractivity contribution in [2.24, 2.45) is 7.05 Å². The Balaban J connectivity index is 1.88. The summed E-state index contributed by atoms with van der Waals surface area (Å²) in [7, 11) is 1.66. The molecule has 0 spiro atoms. The summed E-state index contributed by atoms with van der Waals surface area (Å²) >= 11 is 0. The van der Waals surface area contributed by atoms with E-state index in [0.717, 1.165) is 18.7 Å². The fourth-order valence-corrected chi connectivity index (χ4v) is 3.73. The Hall–Kier alpha value is -2.87. The summed E-state index contributed by atoms with van der Waals surface area (Å²) in [5.41, 5.74) is 2.45. The quantitative estimate of drug-likeness (QED) is 0.628. The summed E-state index contributed by atoms with van der Waals surface area (Å²) < 4.78 is 9.99. The van der Waals surface area contributed by atoms with Gasteiger partial charge in [-0.3, -0.25) is 13.9 Å². The second kappa shape index (κ2) is 7.27. The summed E-state index contributed by atoms with van der Waals surface area (Å²) in [5, 5.41) is 0. The Morgan fingerprint density at radius 3 is 2.61 bits per heavy atom. The topological polar surface area (TPSA) is 74.3 Å². The maximum Gasteiger partial charge on any atom is 0.332 e. The first-order chi connectivity index (χ1) is 13.5. The molecule has 0 atom stereocenters. The highest BCUT2D eigenvalue weighted by Crippen LogP contribution is 2.30. The van der Waals surface area contributed by atoms with Crippen LogP contribution in [0.25, 0.3) is 11.2 Å². The van der Waals surface area contributed by atoms with Crippen molar-refractivity contribution in [1.29, 1.82) is 0 Å². The molecule has 0 saturated carbocycles. The van der Waals surface area contributed by atoms with E-state index in [9.17, 15) is 9.59 Å². The summed E-state index contributed by atoms with van der Waals surface area (Å²) in [6, 6.07) is 8.24. The molecule has 1 aromatic carbocycles. The number of hydrogen-bond acceptors (Lipinski definition) is 5. The van der Waals surface area contributed by atoms with Crippen molar-refractivity contribution in [3.63, 3.8) is 0 Å². The zero-order valence-electron chi connectivity index (χ0n) is 16.5. The second-order valence-electron chi connectivity index (χ2n) is 7.07. The van der Waals surface area contributed by atoms with Crippen LogP contribution < -0.4 is 16.1 Å². The lowest BCUT2D eigenvalue weighted by Crippen LogP contribution is -2.40. The van der Waals surface area contributed by atoms with Gasteiger partial charge in [-0.25, -0.2) is 4.79 Å². The molecule has 8 nitrogen and oxygen atoms in total. The van der Waals surface area contributed by atoms with Crippen molar-refractivity contribution in [3.05, 3.63) is 50.7 Å². The molecule has 0 bridgehead atoms. The maximum atomic E-state index is 13.1. The lowest BCUT2D eigenvalue weighted by molar-refractivity contribution is 0.137. The van der Waals surface area contributed by atoms with E-state index in [2.05, 4.69) is 36.1 Å². The Kier molecular flexibility index (Phi) is 4.80. The minimum absolute atomic E-state index is 0.234. The lowest BCUT2D eigenvalue weighted by atomic mass is 10.2. The third-order valence-electron chi connectivity index (χ3n) is 5.23. The SMILES string of the molecule is CCOCCn1c(=O)c2c(nc3n2CCCN3c2ccc(C)cc2)n(C)c1=O. The number of aromatic nitrogens is 4. The van der Waals surface area contributed by atoms with Crippen molar-refractivity contribution in [2.75, 3.05) is 24.7 Å². The molecule has 0 amide bonds. The smallest absolute Gasteiger partial charge is 0.332 e. The van der Waals surface area contributed by atoms with E-state index in [0.29, 0.717) is 36.9 Å². The first-order valence-corrected chi connectivity index (χ1v) is 9.65. The van der Waals surface area contributed by atoms with E-state index >= 15 is 0 Å². The average Bonchev–Trinajstić information content (AvgIpc) is 3.09. The van der Waals surface area contributed by atoms with Crippen LogP contribution >= 0.6 is 0 Å². The van der Waals surface area contributed by atoms with E-state index in [1.807, 2.05) is 11.5 Å². The van der Waals surface area contributed by atoms with E-state index in [1.165, 1.54) is 14.7 Å². The van der Waals surface area contributed by atoms with Gasteiger partial charge in [-0.2, -0.15) is 4.98 Å². The second-order valence-corrected chi connectivity index (χ2v) is 7.07. The van der Waals surface area contributed by atoms with E-state index < -0.39 is 0 Å². The number of hydrogen-bond donors (Lipinski definition) is 0. The zero-order valence-corrected chi connectivity index (χ0v) is 16.5. The molecule has 3 heterocycles. The standard InChI is InChI=1S/C20H25N5O3/c1-4-28-13-12-25-18(26)16-17(22(3)20(25)27)21-19-23(10-5-11-24(16)19)15-8-6-14(2)7-9-15/h6-9H,4-5,10-13H2,1-3H3. The molecule has 2 aromatic heterocycles. The number of aryl methyl sites for hydroxylation is 3. The molecule has 8 heteroatoms. The molecule has 148 valence electrons. The Morgan fingerprint density at radius 1 is 1.14 bits per heavy atom. The molecule has 1 aliphatic rings. The van der Waals surface area contributed by atoms with E-state index in [-0.39, 0.29) is 17.8 Å². The van der Waals surface area contributed by atoms with Gasteiger partial charge in [-0.05, 0) is 32.4 Å². The van der Waals surface area contributed by atoms with Gasteiger partial charge in [0.05, 0.1) is 13.2 Å². The number of nitrogens with zero attached hydrogens (tertiary/aromatic N) is 5. The van der Waals surface area contributed by atoms with E-state index in [1.54, 1.807) is 7.05 Å². The molecule has 28 heavy (non-hydrogen) atoms. The van der Waals surface area contributed by atoms with Crippen molar-refractivity contribution in [2.45, 2.75) is 33.4 Å². The van der Waals surface area contributed by atoms with Gasteiger partial charge in [0.15, 0.2) is 11.2 Å². The zero-order chi connectivity index (χ0) is 19.8. The Morgan fingerprint density at radius 2 is 1.89 bits per heavy atom. The molecule has 0 aliphatic carbocycles. The first kappa shape index (κ1) is 18.5. The van der Waals surface area contributed by atoms with Crippen molar-refractivity contribution >= 4 is 22.8 Å². The molecular weight excluding hydrogens is 358 g/mol. The summed E-state index contributed by atoms with van der Waals surface area (Å²) in [4.78, 5) is 32.6. The van der Waals surface area contributed by atoms with Crippen LogP contribution in [-0.4, -0.2) is 38.4 Å². The fraction of sp³-hybridized carbons (Fsp3) is 0.450. The number of imidazole rings is 1. The molecule has 0 unspecified atom stereocenters. The number of rotatable bonds is 5. The molecule has 0 radical (unpaired) electrons. The van der Waals surface area contributed by atoms with Gasteiger partial charge in [0, 0.05) is 32.4 Å². The average molecular weight is 383 g/mol. The van der Waals surface area contributed by atoms with Crippen LogP contribution in [0.15, 0.2) is 33.9 Å². The van der Waals surface area contributed by atoms with E-state index in [4.69, 9.17) is 9.72 Å². The predicted octanol–water partition coefficient (Wildman–Crippen LogP) is 1.78. The number of fused-ring (bicyclic) bond motifs is 3. The predicted molar refractivity (Wildman–Crippen MR) is 109 cm³/mol. The highest BCUT2D eigenvalue weighted by Gasteiger charge is 2.26. The highest BCUT2D eigenvalue weighted by molar-refractivity contribution is 5.77. The molecule has 4 rings (SSSR count). The number of ether oxygens (including phenoxy) is 1. The first-order valence-electron chi connectivity index (χ1n) is 9.65.